The molecule has 0 bridgehead atoms. The molecule has 0 atom stereocenters. The standard InChI is InChI=1S/C23H26N4O4S2/c1-31-20-7-6-18(14-21(20)33(29,30)27-12-4-2-3-5-13-27)23(28)25-15-22-26-19(16-32-22)17-8-10-24-11-9-17/h6-11,14,16H,2-5,12-13,15H2,1H3,(H,25,28). The number of rotatable bonds is 7. The van der Waals surface area contributed by atoms with Crippen LogP contribution in [-0.4, -0.2) is 48.8 Å². The Hall–Kier alpha value is -2.82. The maximum absolute atomic E-state index is 13.3. The monoisotopic (exact) mass is 486 g/mol. The summed E-state index contributed by atoms with van der Waals surface area (Å²) in [6.07, 6.45) is 7.11. The van der Waals surface area contributed by atoms with E-state index in [-0.39, 0.29) is 28.7 Å². The molecule has 3 heterocycles. The van der Waals surface area contributed by atoms with E-state index in [0.29, 0.717) is 13.1 Å². The molecule has 1 fully saturated rings. The molecule has 0 aliphatic carbocycles. The molecule has 0 unspecified atom stereocenters. The first kappa shape index (κ1) is 23.3. The number of nitrogens with zero attached hydrogens (tertiary/aromatic N) is 3. The number of carbonyl (C=O) groups is 1. The summed E-state index contributed by atoms with van der Waals surface area (Å²) in [6.45, 7) is 1.20. The molecule has 1 amide bonds. The fourth-order valence-electron chi connectivity index (χ4n) is 3.75. The van der Waals surface area contributed by atoms with Crippen LogP contribution in [0.3, 0.4) is 0 Å². The van der Waals surface area contributed by atoms with Crippen LogP contribution < -0.4 is 10.1 Å². The number of ether oxygens (including phenoxy) is 1. The van der Waals surface area contributed by atoms with E-state index >= 15 is 0 Å². The van der Waals surface area contributed by atoms with Crippen molar-refractivity contribution in [3.05, 3.63) is 58.7 Å². The summed E-state index contributed by atoms with van der Waals surface area (Å²) in [5.41, 5.74) is 2.04. The van der Waals surface area contributed by atoms with Crippen LogP contribution in [-0.2, 0) is 16.6 Å². The quantitative estimate of drug-likeness (QED) is 0.546. The maximum Gasteiger partial charge on any atom is 0.251 e. The second-order valence-electron chi connectivity index (χ2n) is 7.73. The molecule has 0 radical (unpaired) electrons. The fraction of sp³-hybridized carbons (Fsp3) is 0.348. The SMILES string of the molecule is COc1ccc(C(=O)NCc2nc(-c3ccncc3)cs2)cc1S(=O)(=O)N1CCCCCC1. The third-order valence-electron chi connectivity index (χ3n) is 5.54. The van der Waals surface area contributed by atoms with Gasteiger partial charge in [0.15, 0.2) is 0 Å². The lowest BCUT2D eigenvalue weighted by Crippen LogP contribution is -2.32. The van der Waals surface area contributed by atoms with Gasteiger partial charge in [0.2, 0.25) is 10.0 Å². The summed E-state index contributed by atoms with van der Waals surface area (Å²) in [7, 11) is -2.34. The molecule has 3 aromatic rings. The van der Waals surface area contributed by atoms with Gasteiger partial charge in [-0.1, -0.05) is 12.8 Å². The molecule has 1 saturated heterocycles. The van der Waals surface area contributed by atoms with Gasteiger partial charge >= 0.3 is 0 Å². The lowest BCUT2D eigenvalue weighted by molar-refractivity contribution is 0.0950. The van der Waals surface area contributed by atoms with Crippen molar-refractivity contribution in [2.24, 2.45) is 0 Å². The number of amides is 1. The lowest BCUT2D eigenvalue weighted by Gasteiger charge is -2.21. The van der Waals surface area contributed by atoms with Crippen molar-refractivity contribution in [3.63, 3.8) is 0 Å². The molecule has 4 rings (SSSR count). The summed E-state index contributed by atoms with van der Waals surface area (Å²) in [6, 6.07) is 8.26. The van der Waals surface area contributed by atoms with Crippen molar-refractivity contribution >= 4 is 27.3 Å². The van der Waals surface area contributed by atoms with Gasteiger partial charge in [-0.15, -0.1) is 11.3 Å². The highest BCUT2D eigenvalue weighted by molar-refractivity contribution is 7.89. The Kier molecular flexibility index (Phi) is 7.36. The second-order valence-corrected chi connectivity index (χ2v) is 10.6. The topological polar surface area (TPSA) is 101 Å². The molecule has 0 saturated carbocycles. The van der Waals surface area contributed by atoms with Crippen molar-refractivity contribution in [1.29, 1.82) is 0 Å². The fourth-order valence-corrected chi connectivity index (χ4v) is 6.19. The van der Waals surface area contributed by atoms with Crippen molar-refractivity contribution in [2.45, 2.75) is 37.1 Å². The zero-order valence-electron chi connectivity index (χ0n) is 18.4. The predicted molar refractivity (Wildman–Crippen MR) is 127 cm³/mol. The van der Waals surface area contributed by atoms with Crippen LogP contribution in [0.1, 0.15) is 41.0 Å². The summed E-state index contributed by atoms with van der Waals surface area (Å²) < 4.78 is 33.4. The highest BCUT2D eigenvalue weighted by Crippen LogP contribution is 2.29. The number of carbonyl (C=O) groups excluding carboxylic acids is 1. The van der Waals surface area contributed by atoms with Crippen molar-refractivity contribution < 1.29 is 17.9 Å². The predicted octanol–water partition coefficient (Wildman–Crippen LogP) is 3.71. The summed E-state index contributed by atoms with van der Waals surface area (Å²) in [4.78, 5) is 21.4. The van der Waals surface area contributed by atoms with Crippen molar-refractivity contribution in [1.82, 2.24) is 19.6 Å². The first-order valence-electron chi connectivity index (χ1n) is 10.8. The molecule has 1 aliphatic rings. The molecule has 1 aliphatic heterocycles. The number of aromatic nitrogens is 2. The van der Waals surface area contributed by atoms with E-state index in [0.717, 1.165) is 41.9 Å². The number of methoxy groups -OCH3 is 1. The van der Waals surface area contributed by atoms with Crippen LogP contribution in [0.5, 0.6) is 5.75 Å². The first-order valence-corrected chi connectivity index (χ1v) is 13.1. The normalized spacial score (nSPS) is 15.1. The molecule has 2 aromatic heterocycles. The van der Waals surface area contributed by atoms with Crippen molar-refractivity contribution in [3.8, 4) is 17.0 Å². The third-order valence-corrected chi connectivity index (χ3v) is 8.31. The van der Waals surface area contributed by atoms with E-state index in [2.05, 4.69) is 15.3 Å². The minimum absolute atomic E-state index is 0.0220. The van der Waals surface area contributed by atoms with Crippen LogP contribution in [0.4, 0.5) is 0 Å². The Morgan fingerprint density at radius 2 is 1.85 bits per heavy atom. The zero-order chi connectivity index (χ0) is 23.3. The number of hydrogen-bond donors (Lipinski definition) is 1. The number of sulfonamides is 1. The van der Waals surface area contributed by atoms with Crippen LogP contribution in [0, 0.1) is 0 Å². The van der Waals surface area contributed by atoms with E-state index in [4.69, 9.17) is 4.74 Å². The van der Waals surface area contributed by atoms with Gasteiger partial charge in [0.25, 0.3) is 5.91 Å². The smallest absolute Gasteiger partial charge is 0.251 e. The van der Waals surface area contributed by atoms with Crippen LogP contribution in [0.15, 0.2) is 53.0 Å². The molecular formula is C23H26N4O4S2. The molecule has 8 nitrogen and oxygen atoms in total. The summed E-state index contributed by atoms with van der Waals surface area (Å²) in [5, 5.41) is 5.51. The van der Waals surface area contributed by atoms with Gasteiger partial charge < -0.3 is 10.1 Å². The molecule has 174 valence electrons. The van der Waals surface area contributed by atoms with E-state index < -0.39 is 10.0 Å². The number of thiazole rings is 1. The average molecular weight is 487 g/mol. The number of pyridine rings is 1. The molecule has 1 aromatic carbocycles. The average Bonchev–Trinajstić information content (AvgIpc) is 3.14. The van der Waals surface area contributed by atoms with Crippen LogP contribution in [0.2, 0.25) is 0 Å². The Labute approximate surface area is 197 Å². The van der Waals surface area contributed by atoms with Gasteiger partial charge in [-0.25, -0.2) is 13.4 Å². The van der Waals surface area contributed by atoms with Crippen LogP contribution >= 0.6 is 11.3 Å². The number of nitrogens with one attached hydrogen (secondary N) is 1. The minimum atomic E-state index is -3.77. The molecule has 1 N–H and O–H groups in total. The molecular weight excluding hydrogens is 460 g/mol. The van der Waals surface area contributed by atoms with E-state index in [1.54, 1.807) is 18.5 Å². The van der Waals surface area contributed by atoms with Crippen molar-refractivity contribution in [2.75, 3.05) is 20.2 Å². The highest BCUT2D eigenvalue weighted by Gasteiger charge is 2.29. The molecule has 10 heteroatoms. The number of hydrogen-bond acceptors (Lipinski definition) is 7. The van der Waals surface area contributed by atoms with Gasteiger partial charge in [-0.05, 0) is 43.2 Å². The Balaban J connectivity index is 1.50. The lowest BCUT2D eigenvalue weighted by atomic mass is 10.2. The van der Waals surface area contributed by atoms with E-state index in [9.17, 15) is 13.2 Å². The largest absolute Gasteiger partial charge is 0.495 e. The Morgan fingerprint density at radius 3 is 2.55 bits per heavy atom. The maximum atomic E-state index is 13.3. The Morgan fingerprint density at radius 1 is 1.12 bits per heavy atom. The van der Waals surface area contributed by atoms with Gasteiger partial charge in [0.05, 0.1) is 19.3 Å². The van der Waals surface area contributed by atoms with Gasteiger partial charge in [-0.2, -0.15) is 4.31 Å². The van der Waals surface area contributed by atoms with E-state index in [1.165, 1.54) is 34.9 Å². The van der Waals surface area contributed by atoms with Gasteiger partial charge in [0.1, 0.15) is 15.7 Å². The van der Waals surface area contributed by atoms with Gasteiger partial charge in [0, 0.05) is 42.0 Å². The van der Waals surface area contributed by atoms with Crippen LogP contribution in [0.25, 0.3) is 11.3 Å². The van der Waals surface area contributed by atoms with Gasteiger partial charge in [-0.3, -0.25) is 9.78 Å². The zero-order valence-corrected chi connectivity index (χ0v) is 20.0. The second kappa shape index (κ2) is 10.4. The summed E-state index contributed by atoms with van der Waals surface area (Å²) in [5.74, 6) is -0.136. The third kappa shape index (κ3) is 5.40. The highest BCUT2D eigenvalue weighted by atomic mass is 32.2. The number of benzene rings is 1. The molecule has 33 heavy (non-hydrogen) atoms. The summed E-state index contributed by atoms with van der Waals surface area (Å²) >= 11 is 1.45. The first-order chi connectivity index (χ1) is 16.0. The minimum Gasteiger partial charge on any atom is -0.495 e. The van der Waals surface area contributed by atoms with E-state index in [1.807, 2.05) is 17.5 Å². The Bertz CT molecular complexity index is 1200. The molecule has 0 spiro atoms.